The average molecular weight is 245 g/mol. The van der Waals surface area contributed by atoms with Crippen molar-refractivity contribution < 1.29 is 13.2 Å². The maximum Gasteiger partial charge on any atom is 0.215 e. The van der Waals surface area contributed by atoms with Gasteiger partial charge in [0.15, 0.2) is 0 Å². The van der Waals surface area contributed by atoms with Gasteiger partial charge in [-0.25, -0.2) is 13.1 Å². The van der Waals surface area contributed by atoms with Crippen LogP contribution < -0.4 is 4.72 Å². The molecule has 1 fully saturated rings. The van der Waals surface area contributed by atoms with Gasteiger partial charge in [0, 0.05) is 13.2 Å². The number of sulfonamides is 1. The van der Waals surface area contributed by atoms with Crippen molar-refractivity contribution in [2.75, 3.05) is 13.2 Å². The van der Waals surface area contributed by atoms with Crippen molar-refractivity contribution >= 4 is 10.0 Å². The molecule has 0 aliphatic carbocycles. The van der Waals surface area contributed by atoms with Gasteiger partial charge in [0.2, 0.25) is 10.0 Å². The summed E-state index contributed by atoms with van der Waals surface area (Å²) in [6, 6.07) is -0.377. The molecule has 92 valence electrons. The zero-order valence-corrected chi connectivity index (χ0v) is 10.4. The van der Waals surface area contributed by atoms with E-state index in [4.69, 9.17) is 11.2 Å². The Bertz CT molecular complexity index is 339. The molecule has 0 radical (unpaired) electrons. The Morgan fingerprint density at radius 2 is 2.12 bits per heavy atom. The number of nitrogens with one attached hydrogen (secondary N) is 1. The highest BCUT2D eigenvalue weighted by atomic mass is 32.2. The van der Waals surface area contributed by atoms with Crippen LogP contribution in [0.2, 0.25) is 0 Å². The van der Waals surface area contributed by atoms with Crippen LogP contribution in [0, 0.1) is 12.3 Å². The lowest BCUT2D eigenvalue weighted by atomic mass is 10.2. The summed E-state index contributed by atoms with van der Waals surface area (Å²) in [5.41, 5.74) is 0. The zero-order chi connectivity index (χ0) is 12.0. The molecule has 1 aliphatic rings. The summed E-state index contributed by atoms with van der Waals surface area (Å²) >= 11 is 0. The van der Waals surface area contributed by atoms with E-state index in [1.54, 1.807) is 0 Å². The van der Waals surface area contributed by atoms with Gasteiger partial charge in [-0.05, 0) is 19.3 Å². The zero-order valence-electron chi connectivity index (χ0n) is 9.61. The molecule has 1 atom stereocenters. The second-order valence-electron chi connectivity index (χ2n) is 3.98. The first-order chi connectivity index (χ1) is 7.60. The minimum atomic E-state index is -3.29. The fourth-order valence-electron chi connectivity index (χ4n) is 1.75. The first-order valence-corrected chi connectivity index (χ1v) is 7.19. The summed E-state index contributed by atoms with van der Waals surface area (Å²) in [6.07, 6.45) is 7.95. The largest absolute Gasteiger partial charge is 0.381 e. The van der Waals surface area contributed by atoms with E-state index in [1.165, 1.54) is 0 Å². The van der Waals surface area contributed by atoms with Crippen LogP contribution in [0.4, 0.5) is 0 Å². The van der Waals surface area contributed by atoms with Crippen molar-refractivity contribution in [3.8, 4) is 12.3 Å². The Labute approximate surface area is 97.8 Å². The first kappa shape index (κ1) is 13.5. The Kier molecular flexibility index (Phi) is 5.26. The quantitative estimate of drug-likeness (QED) is 0.732. The van der Waals surface area contributed by atoms with Crippen molar-refractivity contribution in [3.63, 3.8) is 0 Å². The summed E-state index contributed by atoms with van der Waals surface area (Å²) in [6.45, 7) is 3.01. The second-order valence-corrected chi connectivity index (χ2v) is 5.97. The van der Waals surface area contributed by atoms with Crippen LogP contribution in [0.1, 0.15) is 32.6 Å². The lowest BCUT2D eigenvalue weighted by Crippen LogP contribution is -2.42. The van der Waals surface area contributed by atoms with Crippen molar-refractivity contribution in [2.45, 2.75) is 43.9 Å². The molecule has 16 heavy (non-hydrogen) atoms. The van der Waals surface area contributed by atoms with Crippen LogP contribution in [0.25, 0.3) is 0 Å². The molecule has 0 aromatic carbocycles. The smallest absolute Gasteiger partial charge is 0.215 e. The number of rotatable bonds is 5. The molecule has 0 aromatic heterocycles. The third-order valence-corrected chi connectivity index (χ3v) is 4.65. The fourth-order valence-corrected chi connectivity index (χ4v) is 3.33. The molecule has 1 aliphatic heterocycles. The van der Waals surface area contributed by atoms with E-state index in [9.17, 15) is 8.42 Å². The third-order valence-electron chi connectivity index (χ3n) is 2.69. The van der Waals surface area contributed by atoms with Gasteiger partial charge in [-0.15, -0.1) is 6.42 Å². The molecule has 0 bridgehead atoms. The highest BCUT2D eigenvalue weighted by molar-refractivity contribution is 7.90. The summed E-state index contributed by atoms with van der Waals surface area (Å²) in [5.74, 6) is 2.48. The topological polar surface area (TPSA) is 55.4 Å². The Morgan fingerprint density at radius 1 is 1.50 bits per heavy atom. The van der Waals surface area contributed by atoms with Gasteiger partial charge in [-0.2, -0.15) is 0 Å². The molecule has 1 heterocycles. The minimum Gasteiger partial charge on any atom is -0.381 e. The Hall–Kier alpha value is -0.570. The van der Waals surface area contributed by atoms with Crippen molar-refractivity contribution in [2.24, 2.45) is 0 Å². The van der Waals surface area contributed by atoms with E-state index in [-0.39, 0.29) is 11.3 Å². The monoisotopic (exact) mass is 245 g/mol. The maximum atomic E-state index is 12.0. The number of terminal acetylenes is 1. The summed E-state index contributed by atoms with van der Waals surface area (Å²) in [7, 11) is -3.29. The van der Waals surface area contributed by atoms with Gasteiger partial charge in [-0.1, -0.05) is 19.3 Å². The lowest BCUT2D eigenvalue weighted by molar-refractivity contribution is 0.0981. The molecule has 1 unspecified atom stereocenters. The summed E-state index contributed by atoms with van der Waals surface area (Å²) < 4.78 is 31.7. The van der Waals surface area contributed by atoms with Gasteiger partial charge in [0.1, 0.15) is 0 Å². The van der Waals surface area contributed by atoms with Gasteiger partial charge in [0.25, 0.3) is 0 Å². The standard InChI is InChI=1S/C11H19NO3S/c1-3-5-10(4-2)12-16(13,14)11-6-8-15-9-7-11/h2,10-12H,3,5-9H2,1H3. The summed E-state index contributed by atoms with van der Waals surface area (Å²) in [4.78, 5) is 0. The number of hydrogen-bond donors (Lipinski definition) is 1. The SMILES string of the molecule is C#CC(CCC)NS(=O)(=O)C1CCOCC1. The number of hydrogen-bond acceptors (Lipinski definition) is 3. The van der Waals surface area contributed by atoms with Gasteiger partial charge < -0.3 is 4.74 Å². The number of ether oxygens (including phenoxy) is 1. The van der Waals surface area contributed by atoms with Crippen molar-refractivity contribution in [3.05, 3.63) is 0 Å². The predicted octanol–water partition coefficient (Wildman–Crippen LogP) is 0.887. The van der Waals surface area contributed by atoms with Crippen LogP contribution in [-0.2, 0) is 14.8 Å². The van der Waals surface area contributed by atoms with Crippen molar-refractivity contribution in [1.29, 1.82) is 0 Å². The van der Waals surface area contributed by atoms with Crippen LogP contribution in [-0.4, -0.2) is 32.9 Å². The fraction of sp³-hybridized carbons (Fsp3) is 0.818. The molecule has 1 N–H and O–H groups in total. The molecule has 0 saturated carbocycles. The molecule has 0 amide bonds. The average Bonchev–Trinajstić information content (AvgIpc) is 2.29. The second kappa shape index (κ2) is 6.24. The Balaban J connectivity index is 2.59. The third kappa shape index (κ3) is 3.78. The van der Waals surface area contributed by atoms with Gasteiger partial charge in [-0.3, -0.25) is 0 Å². The maximum absolute atomic E-state index is 12.0. The molecule has 4 nitrogen and oxygen atoms in total. The minimum absolute atomic E-state index is 0.353. The van der Waals surface area contributed by atoms with E-state index in [2.05, 4.69) is 10.6 Å². The van der Waals surface area contributed by atoms with Crippen molar-refractivity contribution in [1.82, 2.24) is 4.72 Å². The van der Waals surface area contributed by atoms with Crippen LogP contribution in [0.15, 0.2) is 0 Å². The normalized spacial score (nSPS) is 20.2. The summed E-state index contributed by atoms with van der Waals surface area (Å²) in [5, 5.41) is -0.353. The molecule has 0 spiro atoms. The van der Waals surface area contributed by atoms with E-state index < -0.39 is 10.0 Å². The molecule has 1 saturated heterocycles. The molecular weight excluding hydrogens is 226 g/mol. The van der Waals surface area contributed by atoms with E-state index in [0.29, 0.717) is 32.5 Å². The predicted molar refractivity (Wildman–Crippen MR) is 63.4 cm³/mol. The van der Waals surface area contributed by atoms with Gasteiger partial charge in [0.05, 0.1) is 11.3 Å². The molecule has 5 heteroatoms. The van der Waals surface area contributed by atoms with E-state index >= 15 is 0 Å². The highest BCUT2D eigenvalue weighted by Gasteiger charge is 2.28. The molecule has 0 aromatic rings. The van der Waals surface area contributed by atoms with Crippen LogP contribution in [0.3, 0.4) is 0 Å². The van der Waals surface area contributed by atoms with E-state index in [1.807, 2.05) is 6.92 Å². The molecule has 1 rings (SSSR count). The van der Waals surface area contributed by atoms with Crippen LogP contribution >= 0.6 is 0 Å². The van der Waals surface area contributed by atoms with Crippen LogP contribution in [0.5, 0.6) is 0 Å². The molecular formula is C11H19NO3S. The highest BCUT2D eigenvalue weighted by Crippen LogP contribution is 2.15. The van der Waals surface area contributed by atoms with E-state index in [0.717, 1.165) is 6.42 Å². The first-order valence-electron chi connectivity index (χ1n) is 5.65. The Morgan fingerprint density at radius 3 is 2.62 bits per heavy atom. The lowest BCUT2D eigenvalue weighted by Gasteiger charge is -2.24. The van der Waals surface area contributed by atoms with Gasteiger partial charge >= 0.3 is 0 Å².